The van der Waals surface area contributed by atoms with Crippen LogP contribution in [0.5, 0.6) is 0 Å². The number of halogens is 1. The third-order valence-corrected chi connectivity index (χ3v) is 3.62. The summed E-state index contributed by atoms with van der Waals surface area (Å²) in [5.74, 6) is 0.813. The molecule has 0 radical (unpaired) electrons. The number of rotatable bonds is 7. The molecule has 0 saturated carbocycles. The predicted octanol–water partition coefficient (Wildman–Crippen LogP) is 2.82. The molecule has 0 spiro atoms. The standard InChI is InChI=1S/C16H26ClN3O/c1-16(2,13-6-8-14(17)9-7-13)12-20-15(18-3)19-10-5-11-21-4/h6-9H,5,10-12H2,1-4H3,(H2,18,19,20). The summed E-state index contributed by atoms with van der Waals surface area (Å²) >= 11 is 5.94. The van der Waals surface area contributed by atoms with Crippen molar-refractivity contribution in [3.8, 4) is 0 Å². The number of hydrogen-bond acceptors (Lipinski definition) is 2. The highest BCUT2D eigenvalue weighted by Gasteiger charge is 2.20. The second-order valence-corrected chi connectivity index (χ2v) is 6.03. The molecule has 0 saturated heterocycles. The molecule has 0 unspecified atom stereocenters. The average Bonchev–Trinajstić information content (AvgIpc) is 2.47. The largest absolute Gasteiger partial charge is 0.385 e. The van der Waals surface area contributed by atoms with E-state index in [1.54, 1.807) is 14.2 Å². The molecule has 0 bridgehead atoms. The van der Waals surface area contributed by atoms with Crippen molar-refractivity contribution in [1.82, 2.24) is 10.6 Å². The third-order valence-electron chi connectivity index (χ3n) is 3.36. The van der Waals surface area contributed by atoms with E-state index in [1.807, 2.05) is 12.1 Å². The number of guanidine groups is 1. The van der Waals surface area contributed by atoms with Gasteiger partial charge in [-0.05, 0) is 24.1 Å². The van der Waals surface area contributed by atoms with Crippen molar-refractivity contribution in [3.05, 3.63) is 34.9 Å². The fourth-order valence-corrected chi connectivity index (χ4v) is 2.08. The fourth-order valence-electron chi connectivity index (χ4n) is 1.95. The molecule has 1 aromatic rings. The molecule has 2 N–H and O–H groups in total. The summed E-state index contributed by atoms with van der Waals surface area (Å²) in [6.45, 7) is 6.77. The Morgan fingerprint density at radius 3 is 2.48 bits per heavy atom. The van der Waals surface area contributed by atoms with Gasteiger partial charge in [0.25, 0.3) is 0 Å². The fraction of sp³-hybridized carbons (Fsp3) is 0.562. The summed E-state index contributed by atoms with van der Waals surface area (Å²) in [5.41, 5.74) is 1.24. The molecule has 4 nitrogen and oxygen atoms in total. The van der Waals surface area contributed by atoms with E-state index in [0.29, 0.717) is 0 Å². The Labute approximate surface area is 132 Å². The van der Waals surface area contributed by atoms with Crippen molar-refractivity contribution in [2.75, 3.05) is 33.9 Å². The van der Waals surface area contributed by atoms with E-state index in [2.05, 4.69) is 41.6 Å². The second-order valence-electron chi connectivity index (χ2n) is 5.59. The minimum atomic E-state index is -0.00522. The van der Waals surface area contributed by atoms with Crippen LogP contribution in [0.3, 0.4) is 0 Å². The van der Waals surface area contributed by atoms with Crippen LogP contribution in [0.15, 0.2) is 29.3 Å². The van der Waals surface area contributed by atoms with Gasteiger partial charge in [-0.3, -0.25) is 4.99 Å². The van der Waals surface area contributed by atoms with Gasteiger partial charge in [0.1, 0.15) is 0 Å². The van der Waals surface area contributed by atoms with Gasteiger partial charge in [0.2, 0.25) is 0 Å². The van der Waals surface area contributed by atoms with Crippen molar-refractivity contribution in [2.45, 2.75) is 25.7 Å². The molecule has 1 aromatic carbocycles. The number of nitrogens with zero attached hydrogens (tertiary/aromatic N) is 1. The minimum absolute atomic E-state index is 0.00522. The van der Waals surface area contributed by atoms with Gasteiger partial charge in [-0.25, -0.2) is 0 Å². The van der Waals surface area contributed by atoms with E-state index in [0.717, 1.165) is 37.1 Å². The maximum Gasteiger partial charge on any atom is 0.191 e. The molecule has 118 valence electrons. The van der Waals surface area contributed by atoms with Crippen LogP contribution in [0.4, 0.5) is 0 Å². The van der Waals surface area contributed by atoms with Gasteiger partial charge in [0.05, 0.1) is 0 Å². The summed E-state index contributed by atoms with van der Waals surface area (Å²) in [6, 6.07) is 7.99. The topological polar surface area (TPSA) is 45.7 Å². The van der Waals surface area contributed by atoms with E-state index < -0.39 is 0 Å². The minimum Gasteiger partial charge on any atom is -0.385 e. The highest BCUT2D eigenvalue weighted by molar-refractivity contribution is 6.30. The number of aliphatic imine (C=N–C) groups is 1. The first-order valence-corrected chi connectivity index (χ1v) is 7.57. The summed E-state index contributed by atoms with van der Waals surface area (Å²) in [7, 11) is 3.49. The van der Waals surface area contributed by atoms with Crippen molar-refractivity contribution in [3.63, 3.8) is 0 Å². The number of nitrogens with one attached hydrogen (secondary N) is 2. The maximum atomic E-state index is 5.94. The van der Waals surface area contributed by atoms with Crippen LogP contribution in [-0.4, -0.2) is 39.8 Å². The lowest BCUT2D eigenvalue weighted by atomic mass is 9.85. The number of ether oxygens (including phenoxy) is 1. The molecule has 0 aliphatic rings. The molecule has 0 aromatic heterocycles. The number of benzene rings is 1. The van der Waals surface area contributed by atoms with Crippen LogP contribution in [0.25, 0.3) is 0 Å². The maximum absolute atomic E-state index is 5.94. The molecule has 5 heteroatoms. The van der Waals surface area contributed by atoms with Crippen LogP contribution in [0.1, 0.15) is 25.8 Å². The number of hydrogen-bond donors (Lipinski definition) is 2. The van der Waals surface area contributed by atoms with Gasteiger partial charge in [-0.15, -0.1) is 0 Å². The van der Waals surface area contributed by atoms with E-state index in [1.165, 1.54) is 5.56 Å². The SMILES string of the molecule is CN=C(NCCCOC)NCC(C)(C)c1ccc(Cl)cc1. The molecular weight excluding hydrogens is 286 g/mol. The van der Waals surface area contributed by atoms with Gasteiger partial charge in [-0.1, -0.05) is 37.6 Å². The van der Waals surface area contributed by atoms with Crippen LogP contribution >= 0.6 is 11.6 Å². The normalized spacial score (nSPS) is 12.3. The van der Waals surface area contributed by atoms with Gasteiger partial charge < -0.3 is 15.4 Å². The molecule has 0 heterocycles. The molecule has 1 rings (SSSR count). The zero-order chi connectivity index (χ0) is 15.7. The number of methoxy groups -OCH3 is 1. The Morgan fingerprint density at radius 2 is 1.90 bits per heavy atom. The quantitative estimate of drug-likeness (QED) is 0.462. The van der Waals surface area contributed by atoms with E-state index in [-0.39, 0.29) is 5.41 Å². The third kappa shape index (κ3) is 6.36. The monoisotopic (exact) mass is 311 g/mol. The Kier molecular flexibility index (Phi) is 7.54. The van der Waals surface area contributed by atoms with Gasteiger partial charge >= 0.3 is 0 Å². The first-order valence-electron chi connectivity index (χ1n) is 7.19. The van der Waals surface area contributed by atoms with Crippen LogP contribution < -0.4 is 10.6 Å². The van der Waals surface area contributed by atoms with E-state index in [4.69, 9.17) is 16.3 Å². The smallest absolute Gasteiger partial charge is 0.191 e. The summed E-state index contributed by atoms with van der Waals surface area (Å²) in [5, 5.41) is 7.40. The molecule has 0 aliphatic heterocycles. The molecule has 21 heavy (non-hydrogen) atoms. The van der Waals surface area contributed by atoms with E-state index >= 15 is 0 Å². The van der Waals surface area contributed by atoms with Gasteiger partial charge in [-0.2, -0.15) is 0 Å². The average molecular weight is 312 g/mol. The zero-order valence-corrected chi connectivity index (χ0v) is 14.1. The lowest BCUT2D eigenvalue weighted by Gasteiger charge is -2.27. The van der Waals surface area contributed by atoms with Crippen LogP contribution in [0, 0.1) is 0 Å². The van der Waals surface area contributed by atoms with Crippen molar-refractivity contribution < 1.29 is 4.74 Å². The highest BCUT2D eigenvalue weighted by Crippen LogP contribution is 2.23. The first kappa shape index (κ1) is 17.8. The molecule has 0 amide bonds. The Balaban J connectivity index is 2.49. The van der Waals surface area contributed by atoms with Crippen molar-refractivity contribution >= 4 is 17.6 Å². The first-order chi connectivity index (χ1) is 9.99. The van der Waals surface area contributed by atoms with E-state index in [9.17, 15) is 0 Å². The summed E-state index contributed by atoms with van der Waals surface area (Å²) in [6.07, 6.45) is 0.956. The van der Waals surface area contributed by atoms with Crippen LogP contribution in [-0.2, 0) is 10.2 Å². The van der Waals surface area contributed by atoms with Gasteiger partial charge in [0, 0.05) is 44.3 Å². The Hall–Kier alpha value is -1.26. The van der Waals surface area contributed by atoms with Crippen molar-refractivity contribution in [2.24, 2.45) is 4.99 Å². The summed E-state index contributed by atoms with van der Waals surface area (Å²) < 4.78 is 5.03. The van der Waals surface area contributed by atoms with Gasteiger partial charge in [0.15, 0.2) is 5.96 Å². The molecule has 0 atom stereocenters. The van der Waals surface area contributed by atoms with Crippen molar-refractivity contribution in [1.29, 1.82) is 0 Å². The Bertz CT molecular complexity index is 443. The molecule has 0 fully saturated rings. The predicted molar refractivity (Wildman–Crippen MR) is 90.3 cm³/mol. The lowest BCUT2D eigenvalue weighted by Crippen LogP contribution is -2.43. The second kappa shape index (κ2) is 8.90. The molecular formula is C16H26ClN3O. The zero-order valence-electron chi connectivity index (χ0n) is 13.4. The molecule has 0 aliphatic carbocycles. The highest BCUT2D eigenvalue weighted by atomic mass is 35.5. The van der Waals surface area contributed by atoms with Crippen LogP contribution in [0.2, 0.25) is 5.02 Å². The lowest BCUT2D eigenvalue weighted by molar-refractivity contribution is 0.195. The Morgan fingerprint density at radius 1 is 1.24 bits per heavy atom. The summed E-state index contributed by atoms with van der Waals surface area (Å²) in [4.78, 5) is 4.23.